The lowest BCUT2D eigenvalue weighted by molar-refractivity contribution is -0.292. The first-order valence-corrected chi connectivity index (χ1v) is 16.9. The van der Waals surface area contributed by atoms with Gasteiger partial charge in [0.15, 0.2) is 0 Å². The van der Waals surface area contributed by atoms with E-state index >= 15 is 0 Å². The van der Waals surface area contributed by atoms with Crippen LogP contribution >= 0.6 is 0 Å². The third kappa shape index (κ3) is 6.27. The summed E-state index contributed by atoms with van der Waals surface area (Å²) >= 11 is 0. The second-order valence-corrected chi connectivity index (χ2v) is 13.5. The predicted octanol–water partition coefficient (Wildman–Crippen LogP) is 4.09. The fraction of sp³-hybridized carbons (Fsp3) is 0.459. The highest BCUT2D eigenvalue weighted by molar-refractivity contribution is 5.90. The Morgan fingerprint density at radius 1 is 0.957 bits per heavy atom. The number of piperazine rings is 1. The number of phenolic OH excluding ortho intramolecular Hbond substituents is 1. The number of halogens is 1. The number of benzene rings is 3. The van der Waals surface area contributed by atoms with Crippen LogP contribution in [0.15, 0.2) is 78.9 Å². The molecule has 4 saturated heterocycles. The summed E-state index contributed by atoms with van der Waals surface area (Å²) in [6.45, 7) is 3.86. The smallest absolute Gasteiger partial charge is 0.245 e. The predicted molar refractivity (Wildman–Crippen MR) is 175 cm³/mol. The maximum atomic E-state index is 14.5. The topological polar surface area (TPSA) is 88.6 Å². The molecule has 248 valence electrons. The Kier molecular flexibility index (Phi) is 9.02. The van der Waals surface area contributed by atoms with Gasteiger partial charge in [-0.1, -0.05) is 67.9 Å². The number of fused-ring (bicyclic) bond motifs is 3. The van der Waals surface area contributed by atoms with E-state index in [-0.39, 0.29) is 66.3 Å². The SMILES string of the molecule is CCCC1CC2OC(NCc3ccc(F)cc3)C2N2[C@H]3CN(CC1c1ccccc1)C(=O)[C@H](Cc1ccc(O)cc1)N3C(=O)CN2C. The van der Waals surface area contributed by atoms with Gasteiger partial charge >= 0.3 is 0 Å². The number of nitrogens with one attached hydrogen (secondary N) is 1. The molecule has 2 bridgehead atoms. The third-order valence-corrected chi connectivity index (χ3v) is 10.5. The number of phenols is 1. The number of hydrazine groups is 1. The first kappa shape index (κ1) is 31.8. The van der Waals surface area contributed by atoms with Crippen LogP contribution in [0.2, 0.25) is 0 Å². The zero-order valence-electron chi connectivity index (χ0n) is 27.0. The summed E-state index contributed by atoms with van der Waals surface area (Å²) < 4.78 is 20.3. The van der Waals surface area contributed by atoms with Crippen molar-refractivity contribution in [1.82, 2.24) is 25.1 Å². The standard InChI is InChI=1S/C37H44FN5O4/c1-3-7-27-19-32-35(36(47-32)39-20-25-10-14-28(38)15-11-25)43-33-22-41(21-30(27)26-8-5-4-6-9-26)37(46)31(42(33)34(45)23-40(43)2)18-24-12-16-29(44)17-13-24/h4-6,8-17,27,30-33,35-36,39,44H,3,7,18-23H2,1-2H3/t27?,30?,31-,32?,33-,35?,36?/m0/s1. The molecule has 0 spiro atoms. The van der Waals surface area contributed by atoms with E-state index in [1.54, 1.807) is 24.3 Å². The number of aromatic hydroxyl groups is 1. The lowest BCUT2D eigenvalue weighted by Crippen LogP contribution is -2.81. The van der Waals surface area contributed by atoms with Crippen LogP contribution in [0, 0.1) is 11.7 Å². The summed E-state index contributed by atoms with van der Waals surface area (Å²) in [5.74, 6) is 0.182. The number of carbonyl (C=O) groups excluding carboxylic acids is 2. The summed E-state index contributed by atoms with van der Waals surface area (Å²) in [5, 5.41) is 17.8. The second-order valence-electron chi connectivity index (χ2n) is 13.5. The van der Waals surface area contributed by atoms with Gasteiger partial charge in [0.05, 0.1) is 25.2 Å². The van der Waals surface area contributed by atoms with Crippen molar-refractivity contribution in [3.8, 4) is 5.75 Å². The highest BCUT2D eigenvalue weighted by Crippen LogP contribution is 2.43. The summed E-state index contributed by atoms with van der Waals surface area (Å²) in [7, 11) is 1.96. The van der Waals surface area contributed by atoms with Crippen LogP contribution in [0.25, 0.3) is 0 Å². The lowest BCUT2D eigenvalue weighted by Gasteiger charge is -2.62. The lowest BCUT2D eigenvalue weighted by atomic mass is 9.76. The van der Waals surface area contributed by atoms with Gasteiger partial charge in [-0.2, -0.15) is 0 Å². The van der Waals surface area contributed by atoms with Crippen LogP contribution in [-0.2, 0) is 27.3 Å². The number of nitrogens with zero attached hydrogens (tertiary/aromatic N) is 4. The van der Waals surface area contributed by atoms with Crippen molar-refractivity contribution >= 4 is 11.8 Å². The molecule has 2 amide bonds. The van der Waals surface area contributed by atoms with Gasteiger partial charge in [-0.3, -0.25) is 14.9 Å². The Morgan fingerprint density at radius 3 is 2.40 bits per heavy atom. The fourth-order valence-corrected chi connectivity index (χ4v) is 8.25. The van der Waals surface area contributed by atoms with E-state index in [0.29, 0.717) is 26.1 Å². The van der Waals surface area contributed by atoms with Crippen LogP contribution in [0.1, 0.15) is 48.8 Å². The number of rotatable bonds is 8. The summed E-state index contributed by atoms with van der Waals surface area (Å²) in [4.78, 5) is 32.2. The van der Waals surface area contributed by atoms with Gasteiger partial charge in [0, 0.05) is 32.5 Å². The molecule has 3 aromatic rings. The number of carbonyl (C=O) groups is 2. The van der Waals surface area contributed by atoms with Gasteiger partial charge in [0.25, 0.3) is 0 Å². The molecule has 0 radical (unpaired) electrons. The van der Waals surface area contributed by atoms with Crippen molar-refractivity contribution in [2.75, 3.05) is 26.7 Å². The second kappa shape index (κ2) is 13.4. The molecule has 4 aliphatic rings. The van der Waals surface area contributed by atoms with Crippen LogP contribution in [-0.4, -0.2) is 94.0 Å². The third-order valence-electron chi connectivity index (χ3n) is 10.5. The van der Waals surface area contributed by atoms with Gasteiger partial charge in [-0.05, 0) is 59.7 Å². The molecule has 10 heteroatoms. The van der Waals surface area contributed by atoms with Gasteiger partial charge < -0.3 is 19.6 Å². The van der Waals surface area contributed by atoms with Crippen molar-refractivity contribution in [2.45, 2.75) is 75.7 Å². The zero-order valence-corrected chi connectivity index (χ0v) is 27.0. The van der Waals surface area contributed by atoms with E-state index in [1.807, 2.05) is 40.1 Å². The van der Waals surface area contributed by atoms with E-state index in [1.165, 1.54) is 17.7 Å². The molecule has 3 aromatic carbocycles. The molecule has 4 heterocycles. The first-order valence-electron chi connectivity index (χ1n) is 16.9. The Bertz CT molecular complexity index is 1560. The Hall–Kier alpha value is -3.83. The average molecular weight is 642 g/mol. The molecular weight excluding hydrogens is 597 g/mol. The van der Waals surface area contributed by atoms with Crippen LogP contribution < -0.4 is 5.32 Å². The van der Waals surface area contributed by atoms with Crippen molar-refractivity contribution in [3.63, 3.8) is 0 Å². The Labute approximate surface area is 275 Å². The minimum absolute atomic E-state index is 0.0312. The maximum absolute atomic E-state index is 14.5. The largest absolute Gasteiger partial charge is 0.508 e. The highest BCUT2D eigenvalue weighted by atomic mass is 19.1. The summed E-state index contributed by atoms with van der Waals surface area (Å²) in [6.07, 6.45) is 2.44. The molecule has 0 saturated carbocycles. The van der Waals surface area contributed by atoms with Gasteiger partial charge in [-0.25, -0.2) is 14.4 Å². The molecule has 7 rings (SSSR count). The number of likely N-dealkylation sites (N-methyl/N-ethyl adjacent to an activating group) is 1. The summed E-state index contributed by atoms with van der Waals surface area (Å²) in [6, 6.07) is 23.1. The average Bonchev–Trinajstić information content (AvgIpc) is 3.06. The van der Waals surface area contributed by atoms with Crippen molar-refractivity contribution in [2.24, 2.45) is 5.92 Å². The summed E-state index contributed by atoms with van der Waals surface area (Å²) in [5.41, 5.74) is 3.06. The van der Waals surface area contributed by atoms with E-state index in [4.69, 9.17) is 4.74 Å². The fourth-order valence-electron chi connectivity index (χ4n) is 8.25. The van der Waals surface area contributed by atoms with E-state index < -0.39 is 6.04 Å². The maximum Gasteiger partial charge on any atom is 0.245 e. The quantitative estimate of drug-likeness (QED) is 0.383. The molecular formula is C37H44FN5O4. The minimum atomic E-state index is -0.674. The van der Waals surface area contributed by atoms with E-state index in [0.717, 1.165) is 30.4 Å². The Morgan fingerprint density at radius 2 is 1.68 bits per heavy atom. The zero-order chi connectivity index (χ0) is 32.7. The first-order chi connectivity index (χ1) is 22.8. The molecule has 4 aliphatic heterocycles. The number of hydrogen-bond donors (Lipinski definition) is 2. The molecule has 2 N–H and O–H groups in total. The molecule has 47 heavy (non-hydrogen) atoms. The number of ether oxygens (including phenoxy) is 1. The number of amides is 2. The molecule has 0 aliphatic carbocycles. The monoisotopic (exact) mass is 641 g/mol. The molecule has 0 aromatic heterocycles. The molecule has 9 nitrogen and oxygen atoms in total. The van der Waals surface area contributed by atoms with Crippen molar-refractivity contribution in [1.29, 1.82) is 0 Å². The number of hydrogen-bond acceptors (Lipinski definition) is 7. The molecule has 5 unspecified atom stereocenters. The normalized spacial score (nSPS) is 29.7. The minimum Gasteiger partial charge on any atom is -0.508 e. The van der Waals surface area contributed by atoms with Gasteiger partial charge in [0.1, 0.15) is 30.0 Å². The van der Waals surface area contributed by atoms with Gasteiger partial charge in [0.2, 0.25) is 11.8 Å². The van der Waals surface area contributed by atoms with Crippen LogP contribution in [0.5, 0.6) is 5.75 Å². The Balaban J connectivity index is 1.28. The van der Waals surface area contributed by atoms with Crippen LogP contribution in [0.3, 0.4) is 0 Å². The van der Waals surface area contributed by atoms with E-state index in [2.05, 4.69) is 41.5 Å². The molecule has 7 atom stereocenters. The molecule has 4 fully saturated rings. The van der Waals surface area contributed by atoms with E-state index in [9.17, 15) is 19.1 Å². The van der Waals surface area contributed by atoms with Crippen molar-refractivity contribution in [3.05, 3.63) is 101 Å². The van der Waals surface area contributed by atoms with Crippen LogP contribution in [0.4, 0.5) is 4.39 Å². The highest BCUT2D eigenvalue weighted by Gasteiger charge is 2.58. The van der Waals surface area contributed by atoms with Crippen molar-refractivity contribution < 1.29 is 23.8 Å². The van der Waals surface area contributed by atoms with Gasteiger partial charge in [-0.15, -0.1) is 0 Å².